The van der Waals surface area contributed by atoms with Crippen LogP contribution in [0.2, 0.25) is 0 Å². The quantitative estimate of drug-likeness (QED) is 0.516. The Bertz CT molecular complexity index is 213. The summed E-state index contributed by atoms with van der Waals surface area (Å²) < 4.78 is 4.58. The molecule has 1 unspecified atom stereocenters. The lowest BCUT2D eigenvalue weighted by atomic mass is 9.85. The van der Waals surface area contributed by atoms with Crippen LogP contribution in [0.1, 0.15) is 40.5 Å². The van der Waals surface area contributed by atoms with Crippen molar-refractivity contribution in [3.05, 3.63) is 0 Å². The number of Topliss-reactive ketones (excluding diaryl/α,β-unsaturated/α-hetero) is 1. The van der Waals surface area contributed by atoms with E-state index in [4.69, 9.17) is 0 Å². The van der Waals surface area contributed by atoms with Gasteiger partial charge in [0.15, 0.2) is 0 Å². The molecule has 0 radical (unpaired) electrons. The summed E-state index contributed by atoms with van der Waals surface area (Å²) in [6.45, 7) is 7.76. The van der Waals surface area contributed by atoms with Crippen LogP contribution in [-0.4, -0.2) is 18.9 Å². The fourth-order valence-electron chi connectivity index (χ4n) is 1.31. The fourth-order valence-corrected chi connectivity index (χ4v) is 1.31. The average Bonchev–Trinajstić information content (AvgIpc) is 2.01. The molecule has 0 fully saturated rings. The van der Waals surface area contributed by atoms with Crippen LogP contribution in [0.3, 0.4) is 0 Å². The van der Waals surface area contributed by atoms with E-state index in [1.165, 1.54) is 7.11 Å². The van der Waals surface area contributed by atoms with Crippen molar-refractivity contribution >= 4 is 11.8 Å². The predicted octanol–water partition coefficient (Wildman–Crippen LogP) is 2.19. The summed E-state index contributed by atoms with van der Waals surface area (Å²) in [6, 6.07) is 0. The summed E-state index contributed by atoms with van der Waals surface area (Å²) in [5.41, 5.74) is -0.0709. The van der Waals surface area contributed by atoms with E-state index in [1.807, 2.05) is 27.7 Å². The summed E-state index contributed by atoms with van der Waals surface area (Å²) >= 11 is 0. The highest BCUT2D eigenvalue weighted by Crippen LogP contribution is 2.22. The van der Waals surface area contributed by atoms with Crippen molar-refractivity contribution in [3.8, 4) is 0 Å². The molecule has 0 aliphatic heterocycles. The molecule has 0 bridgehead atoms. The van der Waals surface area contributed by atoms with E-state index in [2.05, 4.69) is 4.74 Å². The molecule has 0 N–H and O–H groups in total. The van der Waals surface area contributed by atoms with Crippen LogP contribution in [0.15, 0.2) is 0 Å². The monoisotopic (exact) mass is 200 g/mol. The summed E-state index contributed by atoms with van der Waals surface area (Å²) in [7, 11) is 1.31. The Hall–Kier alpha value is -0.860. The minimum absolute atomic E-state index is 0.0214. The molecule has 0 aliphatic rings. The van der Waals surface area contributed by atoms with Gasteiger partial charge < -0.3 is 4.74 Å². The van der Waals surface area contributed by atoms with Crippen LogP contribution in [0.5, 0.6) is 0 Å². The maximum atomic E-state index is 11.7. The van der Waals surface area contributed by atoms with Crippen LogP contribution >= 0.6 is 0 Å². The largest absolute Gasteiger partial charge is 0.468 e. The van der Waals surface area contributed by atoms with Gasteiger partial charge in [0.1, 0.15) is 11.7 Å². The first-order chi connectivity index (χ1) is 6.31. The number of ketones is 1. The van der Waals surface area contributed by atoms with Crippen molar-refractivity contribution in [2.75, 3.05) is 7.11 Å². The van der Waals surface area contributed by atoms with Gasteiger partial charge in [0.2, 0.25) is 0 Å². The number of methoxy groups -OCH3 is 1. The van der Waals surface area contributed by atoms with Gasteiger partial charge >= 0.3 is 5.97 Å². The van der Waals surface area contributed by atoms with E-state index in [1.54, 1.807) is 0 Å². The van der Waals surface area contributed by atoms with E-state index in [9.17, 15) is 9.59 Å². The molecule has 82 valence electrons. The molecule has 0 aromatic rings. The lowest BCUT2D eigenvalue weighted by Crippen LogP contribution is -2.27. The molecule has 1 atom stereocenters. The number of esters is 1. The van der Waals surface area contributed by atoms with Crippen LogP contribution < -0.4 is 0 Å². The van der Waals surface area contributed by atoms with Gasteiger partial charge in [0, 0.05) is 6.42 Å². The molecule has 3 heteroatoms. The van der Waals surface area contributed by atoms with Gasteiger partial charge in [-0.05, 0) is 11.8 Å². The van der Waals surface area contributed by atoms with E-state index < -0.39 is 11.9 Å². The van der Waals surface area contributed by atoms with Gasteiger partial charge in [-0.15, -0.1) is 0 Å². The Kier molecular flexibility index (Phi) is 4.81. The molecule has 0 saturated heterocycles. The molecule has 0 saturated carbocycles. The van der Waals surface area contributed by atoms with Crippen molar-refractivity contribution in [1.82, 2.24) is 0 Å². The fraction of sp³-hybridized carbons (Fsp3) is 0.818. The Morgan fingerprint density at radius 1 is 1.29 bits per heavy atom. The standard InChI is InChI=1S/C11H20O3/c1-6-8(10(13)14-5)9(12)7-11(2,3)4/h8H,6-7H2,1-5H3. The zero-order chi connectivity index (χ0) is 11.4. The Balaban J connectivity index is 4.40. The molecular weight excluding hydrogens is 180 g/mol. The smallest absolute Gasteiger partial charge is 0.316 e. The minimum atomic E-state index is -0.584. The Morgan fingerprint density at radius 3 is 2.07 bits per heavy atom. The SMILES string of the molecule is CCC(C(=O)CC(C)(C)C)C(=O)OC. The molecule has 0 heterocycles. The maximum absolute atomic E-state index is 11.7. The first kappa shape index (κ1) is 13.1. The summed E-state index contributed by atoms with van der Waals surface area (Å²) in [6.07, 6.45) is 0.933. The molecule has 0 rings (SSSR count). The third kappa shape index (κ3) is 4.40. The third-order valence-corrected chi connectivity index (χ3v) is 1.99. The highest BCUT2D eigenvalue weighted by Gasteiger charge is 2.28. The van der Waals surface area contributed by atoms with Gasteiger partial charge in [0.05, 0.1) is 7.11 Å². The van der Waals surface area contributed by atoms with Gasteiger partial charge in [-0.3, -0.25) is 9.59 Å². The molecule has 0 amide bonds. The number of ether oxygens (including phenoxy) is 1. The van der Waals surface area contributed by atoms with Gasteiger partial charge in [-0.1, -0.05) is 27.7 Å². The summed E-state index contributed by atoms with van der Waals surface area (Å²) in [4.78, 5) is 22.9. The number of carbonyl (C=O) groups excluding carboxylic acids is 2. The number of rotatable bonds is 4. The van der Waals surface area contributed by atoms with Gasteiger partial charge in [0.25, 0.3) is 0 Å². The van der Waals surface area contributed by atoms with Crippen LogP contribution in [0, 0.1) is 11.3 Å². The second kappa shape index (κ2) is 5.13. The van der Waals surface area contributed by atoms with Crippen molar-refractivity contribution in [1.29, 1.82) is 0 Å². The van der Waals surface area contributed by atoms with E-state index >= 15 is 0 Å². The molecular formula is C11H20O3. The van der Waals surface area contributed by atoms with Crippen LogP contribution in [0.4, 0.5) is 0 Å². The van der Waals surface area contributed by atoms with E-state index in [0.29, 0.717) is 12.8 Å². The summed E-state index contributed by atoms with van der Waals surface area (Å²) in [5, 5.41) is 0. The molecule has 0 aromatic carbocycles. The number of hydrogen-bond acceptors (Lipinski definition) is 3. The van der Waals surface area contributed by atoms with Crippen molar-refractivity contribution in [2.24, 2.45) is 11.3 Å². The molecule has 3 nitrogen and oxygen atoms in total. The maximum Gasteiger partial charge on any atom is 0.316 e. The zero-order valence-corrected chi connectivity index (χ0v) is 9.72. The van der Waals surface area contributed by atoms with E-state index in [-0.39, 0.29) is 11.2 Å². The summed E-state index contributed by atoms with van der Waals surface area (Å²) in [5.74, 6) is -1.02. The molecule has 0 spiro atoms. The van der Waals surface area contributed by atoms with E-state index in [0.717, 1.165) is 0 Å². The topological polar surface area (TPSA) is 43.4 Å². The van der Waals surface area contributed by atoms with Crippen molar-refractivity contribution in [3.63, 3.8) is 0 Å². The van der Waals surface area contributed by atoms with Gasteiger partial charge in [-0.25, -0.2) is 0 Å². The van der Waals surface area contributed by atoms with Crippen molar-refractivity contribution < 1.29 is 14.3 Å². The highest BCUT2D eigenvalue weighted by atomic mass is 16.5. The molecule has 0 aromatic heterocycles. The van der Waals surface area contributed by atoms with Gasteiger partial charge in [-0.2, -0.15) is 0 Å². The highest BCUT2D eigenvalue weighted by molar-refractivity contribution is 5.99. The predicted molar refractivity (Wildman–Crippen MR) is 54.9 cm³/mol. The first-order valence-corrected chi connectivity index (χ1v) is 4.92. The van der Waals surface area contributed by atoms with Crippen LogP contribution in [-0.2, 0) is 14.3 Å². The molecule has 14 heavy (non-hydrogen) atoms. The van der Waals surface area contributed by atoms with Crippen molar-refractivity contribution in [2.45, 2.75) is 40.5 Å². The zero-order valence-electron chi connectivity index (χ0n) is 9.72. The second-order valence-corrected chi connectivity index (χ2v) is 4.69. The normalized spacial score (nSPS) is 13.5. The van der Waals surface area contributed by atoms with Crippen LogP contribution in [0.25, 0.3) is 0 Å². The minimum Gasteiger partial charge on any atom is -0.468 e. The second-order valence-electron chi connectivity index (χ2n) is 4.69. The number of carbonyl (C=O) groups is 2. The lowest BCUT2D eigenvalue weighted by molar-refractivity contribution is -0.149. The molecule has 0 aliphatic carbocycles. The Labute approximate surface area is 85.8 Å². The Morgan fingerprint density at radius 2 is 1.79 bits per heavy atom. The lowest BCUT2D eigenvalue weighted by Gasteiger charge is -2.19. The number of hydrogen-bond donors (Lipinski definition) is 0. The average molecular weight is 200 g/mol. The third-order valence-electron chi connectivity index (χ3n) is 1.99. The first-order valence-electron chi connectivity index (χ1n) is 4.92.